The van der Waals surface area contributed by atoms with Crippen LogP contribution in [0.1, 0.15) is 39.0 Å². The van der Waals surface area contributed by atoms with Crippen LogP contribution >= 0.6 is 0 Å². The van der Waals surface area contributed by atoms with Gasteiger partial charge in [0.25, 0.3) is 0 Å². The third-order valence-electron chi connectivity index (χ3n) is 3.53. The number of hydrogen-bond donors (Lipinski definition) is 1. The van der Waals surface area contributed by atoms with Crippen LogP contribution in [-0.2, 0) is 0 Å². The quantitative estimate of drug-likeness (QED) is 0.567. The zero-order valence-corrected chi connectivity index (χ0v) is 7.29. The van der Waals surface area contributed by atoms with Crippen LogP contribution in [0, 0.1) is 17.8 Å². The number of rotatable bonds is 0. The predicted octanol–water partition coefficient (Wildman–Crippen LogP) is 2.19. The summed E-state index contributed by atoms with van der Waals surface area (Å²) in [6, 6.07) is 0. The van der Waals surface area contributed by atoms with Crippen molar-refractivity contribution >= 4 is 0 Å². The average molecular weight is 154 g/mol. The third kappa shape index (κ3) is 1.31. The van der Waals surface area contributed by atoms with Crippen LogP contribution < -0.4 is 0 Å². The predicted molar refractivity (Wildman–Crippen MR) is 45.2 cm³/mol. The summed E-state index contributed by atoms with van der Waals surface area (Å²) in [6.07, 6.45) is 6.53. The lowest BCUT2D eigenvalue weighted by atomic mass is 9.66. The van der Waals surface area contributed by atoms with Crippen LogP contribution in [0.25, 0.3) is 0 Å². The Hall–Kier alpha value is -0.0400. The van der Waals surface area contributed by atoms with E-state index in [1.165, 1.54) is 32.1 Å². The first-order chi connectivity index (χ1) is 5.27. The van der Waals surface area contributed by atoms with Crippen molar-refractivity contribution in [2.75, 3.05) is 0 Å². The van der Waals surface area contributed by atoms with Crippen LogP contribution in [0.2, 0.25) is 0 Å². The van der Waals surface area contributed by atoms with Gasteiger partial charge in [-0.1, -0.05) is 13.3 Å². The first-order valence-corrected chi connectivity index (χ1v) is 4.95. The van der Waals surface area contributed by atoms with Gasteiger partial charge < -0.3 is 5.11 Å². The second-order valence-corrected chi connectivity index (χ2v) is 4.52. The molecule has 2 aliphatic carbocycles. The summed E-state index contributed by atoms with van der Waals surface area (Å²) >= 11 is 0. The van der Waals surface area contributed by atoms with E-state index in [-0.39, 0.29) is 6.10 Å². The Morgan fingerprint density at radius 3 is 2.18 bits per heavy atom. The van der Waals surface area contributed by atoms with Crippen molar-refractivity contribution < 1.29 is 5.11 Å². The van der Waals surface area contributed by atoms with Gasteiger partial charge in [-0.2, -0.15) is 0 Å². The van der Waals surface area contributed by atoms with Crippen molar-refractivity contribution in [1.29, 1.82) is 0 Å². The molecule has 0 saturated heterocycles. The van der Waals surface area contributed by atoms with Crippen LogP contribution in [0.5, 0.6) is 0 Å². The van der Waals surface area contributed by atoms with E-state index < -0.39 is 0 Å². The fourth-order valence-corrected chi connectivity index (χ4v) is 3.01. The van der Waals surface area contributed by atoms with E-state index in [1.54, 1.807) is 0 Å². The largest absolute Gasteiger partial charge is 0.393 e. The summed E-state index contributed by atoms with van der Waals surface area (Å²) in [5.41, 5.74) is 0. The summed E-state index contributed by atoms with van der Waals surface area (Å²) < 4.78 is 0. The second kappa shape index (κ2) is 2.78. The molecule has 0 aromatic heterocycles. The standard InChI is InChI=1S/C10H18O/c1-7-5-8-3-2-4-9(6-7)10(8)11/h7-11H,2-6H2,1H3. The van der Waals surface area contributed by atoms with Crippen LogP contribution in [0.4, 0.5) is 0 Å². The van der Waals surface area contributed by atoms with Crippen LogP contribution in [0.3, 0.4) is 0 Å². The lowest BCUT2D eigenvalue weighted by Crippen LogP contribution is -2.39. The normalized spacial score (nSPS) is 50.7. The zero-order valence-electron chi connectivity index (χ0n) is 7.29. The van der Waals surface area contributed by atoms with Crippen LogP contribution in [-0.4, -0.2) is 11.2 Å². The maximum Gasteiger partial charge on any atom is 0.0596 e. The molecule has 0 spiro atoms. The highest BCUT2D eigenvalue weighted by Gasteiger charge is 2.37. The van der Waals surface area contributed by atoms with Crippen molar-refractivity contribution in [1.82, 2.24) is 0 Å². The Balaban J connectivity index is 2.07. The number of fused-ring (bicyclic) bond motifs is 2. The van der Waals surface area contributed by atoms with Gasteiger partial charge in [-0.15, -0.1) is 0 Å². The highest BCUT2D eigenvalue weighted by atomic mass is 16.3. The SMILES string of the molecule is CC1CC2CCCC(C1)C2O. The second-order valence-electron chi connectivity index (χ2n) is 4.52. The molecule has 1 nitrogen and oxygen atoms in total. The van der Waals surface area contributed by atoms with Crippen molar-refractivity contribution in [2.24, 2.45) is 17.8 Å². The Kier molecular flexibility index (Phi) is 1.92. The minimum atomic E-state index is 0.0555. The van der Waals surface area contributed by atoms with E-state index in [0.29, 0.717) is 11.8 Å². The molecule has 1 N–H and O–H groups in total. The Bertz CT molecular complexity index is 130. The number of aliphatic hydroxyl groups excluding tert-OH is 1. The lowest BCUT2D eigenvalue weighted by Gasteiger charge is -2.42. The molecule has 2 saturated carbocycles. The molecule has 1 heteroatoms. The molecular weight excluding hydrogens is 136 g/mol. The molecule has 2 unspecified atom stereocenters. The highest BCUT2D eigenvalue weighted by Crippen LogP contribution is 2.42. The first-order valence-electron chi connectivity index (χ1n) is 4.95. The van der Waals surface area contributed by atoms with Gasteiger partial charge in [-0.05, 0) is 43.4 Å². The Labute approximate surface area is 68.8 Å². The van der Waals surface area contributed by atoms with Gasteiger partial charge in [-0.25, -0.2) is 0 Å². The molecule has 0 heterocycles. The fourth-order valence-electron chi connectivity index (χ4n) is 3.01. The Morgan fingerprint density at radius 2 is 1.64 bits per heavy atom. The molecule has 0 aromatic rings. The molecule has 2 fully saturated rings. The fraction of sp³-hybridized carbons (Fsp3) is 1.00. The topological polar surface area (TPSA) is 20.2 Å². The van der Waals surface area contributed by atoms with Gasteiger partial charge in [0.2, 0.25) is 0 Å². The van der Waals surface area contributed by atoms with Crippen molar-refractivity contribution in [3.8, 4) is 0 Å². The first kappa shape index (κ1) is 7.60. The van der Waals surface area contributed by atoms with E-state index in [1.807, 2.05) is 0 Å². The van der Waals surface area contributed by atoms with Gasteiger partial charge >= 0.3 is 0 Å². The molecular formula is C10H18O. The summed E-state index contributed by atoms with van der Waals surface area (Å²) in [5.74, 6) is 2.17. The van der Waals surface area contributed by atoms with E-state index in [9.17, 15) is 5.11 Å². The van der Waals surface area contributed by atoms with Crippen molar-refractivity contribution in [2.45, 2.75) is 45.1 Å². The monoisotopic (exact) mass is 154 g/mol. The van der Waals surface area contributed by atoms with Crippen LogP contribution in [0.15, 0.2) is 0 Å². The molecule has 0 radical (unpaired) electrons. The van der Waals surface area contributed by atoms with Crippen molar-refractivity contribution in [3.63, 3.8) is 0 Å². The molecule has 64 valence electrons. The van der Waals surface area contributed by atoms with Gasteiger partial charge in [0.05, 0.1) is 6.10 Å². The highest BCUT2D eigenvalue weighted by molar-refractivity contribution is 4.88. The summed E-state index contributed by atoms with van der Waals surface area (Å²) in [7, 11) is 0. The van der Waals surface area contributed by atoms with E-state index in [0.717, 1.165) is 5.92 Å². The maximum atomic E-state index is 9.81. The minimum Gasteiger partial charge on any atom is -0.393 e. The summed E-state index contributed by atoms with van der Waals surface area (Å²) in [6.45, 7) is 2.33. The van der Waals surface area contributed by atoms with E-state index in [4.69, 9.17) is 0 Å². The molecule has 2 atom stereocenters. The van der Waals surface area contributed by atoms with E-state index >= 15 is 0 Å². The van der Waals surface area contributed by atoms with Gasteiger partial charge in [-0.3, -0.25) is 0 Å². The van der Waals surface area contributed by atoms with Gasteiger partial charge in [0, 0.05) is 0 Å². The third-order valence-corrected chi connectivity index (χ3v) is 3.53. The van der Waals surface area contributed by atoms with Crippen molar-refractivity contribution in [3.05, 3.63) is 0 Å². The Morgan fingerprint density at radius 1 is 1.09 bits per heavy atom. The molecule has 2 rings (SSSR count). The number of hydrogen-bond acceptors (Lipinski definition) is 1. The number of aliphatic hydroxyl groups is 1. The van der Waals surface area contributed by atoms with Gasteiger partial charge in [0.1, 0.15) is 0 Å². The molecule has 2 aliphatic rings. The minimum absolute atomic E-state index is 0.0555. The smallest absolute Gasteiger partial charge is 0.0596 e. The molecule has 0 aromatic carbocycles. The van der Waals surface area contributed by atoms with Gasteiger partial charge in [0.15, 0.2) is 0 Å². The summed E-state index contributed by atoms with van der Waals surface area (Å²) in [5, 5.41) is 9.81. The summed E-state index contributed by atoms with van der Waals surface area (Å²) in [4.78, 5) is 0. The molecule has 2 bridgehead atoms. The zero-order chi connectivity index (χ0) is 7.84. The van der Waals surface area contributed by atoms with E-state index in [2.05, 4.69) is 6.92 Å². The maximum absolute atomic E-state index is 9.81. The molecule has 11 heavy (non-hydrogen) atoms. The lowest BCUT2D eigenvalue weighted by molar-refractivity contribution is -0.0307. The average Bonchev–Trinajstić information content (AvgIpc) is 1.92. The molecule has 0 amide bonds. The molecule has 0 aliphatic heterocycles.